The Labute approximate surface area is 110 Å². The monoisotopic (exact) mass is 275 g/mol. The van der Waals surface area contributed by atoms with E-state index < -0.39 is 23.6 Å². The summed E-state index contributed by atoms with van der Waals surface area (Å²) in [6.07, 6.45) is 2.56. The van der Waals surface area contributed by atoms with E-state index in [1.165, 1.54) is 0 Å². The van der Waals surface area contributed by atoms with Crippen molar-refractivity contribution in [2.75, 3.05) is 0 Å². The van der Waals surface area contributed by atoms with Gasteiger partial charge in [0, 0.05) is 11.6 Å². The lowest BCUT2D eigenvalue weighted by atomic mass is 9.98. The molecule has 0 saturated heterocycles. The van der Waals surface area contributed by atoms with Gasteiger partial charge >= 0.3 is 5.97 Å². The largest absolute Gasteiger partial charge is 0.507 e. The van der Waals surface area contributed by atoms with Crippen molar-refractivity contribution in [3.05, 3.63) is 41.7 Å². The van der Waals surface area contributed by atoms with Crippen LogP contribution in [0.5, 0.6) is 5.75 Å². The van der Waals surface area contributed by atoms with Crippen LogP contribution in [0.25, 0.3) is 0 Å². The van der Waals surface area contributed by atoms with Gasteiger partial charge < -0.3 is 15.9 Å². The van der Waals surface area contributed by atoms with Gasteiger partial charge in [0.2, 0.25) is 0 Å². The van der Waals surface area contributed by atoms with E-state index in [0.717, 1.165) is 12.1 Å². The summed E-state index contributed by atoms with van der Waals surface area (Å²) < 4.78 is 13.5. The first-order valence-electron chi connectivity index (χ1n) is 5.10. The molecule has 0 spiro atoms. The molecular formula is C12H15ClFNO3. The maximum absolute atomic E-state index is 13.5. The molecule has 0 fully saturated rings. The van der Waals surface area contributed by atoms with Crippen molar-refractivity contribution in [3.63, 3.8) is 0 Å². The molecule has 100 valence electrons. The molecule has 0 unspecified atom stereocenters. The van der Waals surface area contributed by atoms with Crippen molar-refractivity contribution in [2.24, 2.45) is 5.73 Å². The molecule has 0 saturated carbocycles. The van der Waals surface area contributed by atoms with E-state index in [2.05, 4.69) is 6.58 Å². The zero-order valence-electron chi connectivity index (χ0n) is 9.60. The van der Waals surface area contributed by atoms with Crippen LogP contribution >= 0.6 is 12.4 Å². The van der Waals surface area contributed by atoms with Crippen LogP contribution in [0.2, 0.25) is 0 Å². The molecule has 0 aliphatic heterocycles. The topological polar surface area (TPSA) is 83.6 Å². The van der Waals surface area contributed by atoms with Gasteiger partial charge in [-0.25, -0.2) is 9.18 Å². The Bertz CT molecular complexity index is 451. The summed E-state index contributed by atoms with van der Waals surface area (Å²) in [5.41, 5.74) is 5.20. The second-order valence-corrected chi connectivity index (χ2v) is 3.63. The number of halogens is 2. The third-order valence-corrected chi connectivity index (χ3v) is 2.45. The van der Waals surface area contributed by atoms with Gasteiger partial charge in [0.1, 0.15) is 17.1 Å². The van der Waals surface area contributed by atoms with Gasteiger partial charge in [0.15, 0.2) is 0 Å². The maximum Gasteiger partial charge on any atom is 0.339 e. The van der Waals surface area contributed by atoms with Crippen molar-refractivity contribution in [2.45, 2.75) is 18.9 Å². The van der Waals surface area contributed by atoms with Crippen LogP contribution < -0.4 is 5.73 Å². The molecular weight excluding hydrogens is 261 g/mol. The van der Waals surface area contributed by atoms with Crippen LogP contribution in [0.15, 0.2) is 24.8 Å². The van der Waals surface area contributed by atoms with E-state index in [4.69, 9.17) is 10.8 Å². The summed E-state index contributed by atoms with van der Waals surface area (Å²) in [4.78, 5) is 10.8. The molecule has 0 amide bonds. The first-order valence-corrected chi connectivity index (χ1v) is 5.10. The highest BCUT2D eigenvalue weighted by atomic mass is 35.5. The lowest BCUT2D eigenvalue weighted by Crippen LogP contribution is -2.13. The van der Waals surface area contributed by atoms with Gasteiger partial charge in [0.05, 0.1) is 0 Å². The van der Waals surface area contributed by atoms with E-state index in [9.17, 15) is 14.3 Å². The Balaban J connectivity index is 0.00000289. The van der Waals surface area contributed by atoms with Crippen molar-refractivity contribution < 1.29 is 19.4 Å². The van der Waals surface area contributed by atoms with Crippen LogP contribution in [0, 0.1) is 5.82 Å². The Morgan fingerprint density at radius 3 is 2.67 bits per heavy atom. The van der Waals surface area contributed by atoms with Crippen LogP contribution in [-0.4, -0.2) is 16.2 Å². The van der Waals surface area contributed by atoms with Gasteiger partial charge in [-0.2, -0.15) is 0 Å². The average molecular weight is 276 g/mol. The molecule has 1 aromatic rings. The number of rotatable bonds is 5. The summed E-state index contributed by atoms with van der Waals surface area (Å²) >= 11 is 0. The third-order valence-electron chi connectivity index (χ3n) is 2.45. The highest BCUT2D eigenvalue weighted by molar-refractivity contribution is 5.91. The summed E-state index contributed by atoms with van der Waals surface area (Å²) in [7, 11) is 0. The van der Waals surface area contributed by atoms with Crippen molar-refractivity contribution in [3.8, 4) is 5.75 Å². The minimum Gasteiger partial charge on any atom is -0.507 e. The molecule has 1 atom stereocenters. The molecule has 4 nitrogen and oxygen atoms in total. The summed E-state index contributed by atoms with van der Waals surface area (Å²) in [5, 5.41) is 18.5. The highest BCUT2D eigenvalue weighted by Crippen LogP contribution is 2.31. The number of nitrogens with two attached hydrogens (primary N) is 1. The molecule has 0 aliphatic carbocycles. The zero-order chi connectivity index (χ0) is 13.0. The molecule has 6 heteroatoms. The van der Waals surface area contributed by atoms with Gasteiger partial charge in [-0.05, 0) is 25.0 Å². The number of aromatic carboxylic acids is 1. The number of carboxylic acids is 1. The third kappa shape index (κ3) is 3.45. The molecule has 4 N–H and O–H groups in total. The minimum atomic E-state index is -1.32. The van der Waals surface area contributed by atoms with Crippen LogP contribution in [0.3, 0.4) is 0 Å². The fraction of sp³-hybridized carbons (Fsp3) is 0.250. The van der Waals surface area contributed by atoms with Crippen LogP contribution in [-0.2, 0) is 0 Å². The van der Waals surface area contributed by atoms with E-state index in [1.54, 1.807) is 6.08 Å². The van der Waals surface area contributed by atoms with Gasteiger partial charge in [0.25, 0.3) is 0 Å². The second kappa shape index (κ2) is 6.98. The number of hydrogen-bond donors (Lipinski definition) is 3. The van der Waals surface area contributed by atoms with E-state index >= 15 is 0 Å². The molecule has 1 aromatic carbocycles. The first-order chi connectivity index (χ1) is 7.99. The minimum absolute atomic E-state index is 0. The maximum atomic E-state index is 13.5. The smallest absolute Gasteiger partial charge is 0.339 e. The number of carbonyl (C=O) groups is 1. The number of phenols is 1. The number of carboxylic acid groups (broad SMARTS) is 1. The number of benzene rings is 1. The summed E-state index contributed by atoms with van der Waals surface area (Å²) in [6.45, 7) is 3.51. The summed E-state index contributed by atoms with van der Waals surface area (Å²) in [5.74, 6) is -2.63. The average Bonchev–Trinajstić information content (AvgIpc) is 2.25. The number of allylic oxidation sites excluding steroid dienone is 1. The normalized spacial score (nSPS) is 11.4. The Kier molecular flexibility index (Phi) is 6.36. The molecule has 0 aromatic heterocycles. The summed E-state index contributed by atoms with van der Waals surface area (Å²) in [6, 6.07) is 1.25. The number of hydrogen-bond acceptors (Lipinski definition) is 3. The quantitative estimate of drug-likeness (QED) is 0.721. The van der Waals surface area contributed by atoms with Gasteiger partial charge in [-0.3, -0.25) is 0 Å². The number of aromatic hydroxyl groups is 1. The molecule has 0 aliphatic rings. The van der Waals surface area contributed by atoms with Crippen molar-refractivity contribution >= 4 is 18.4 Å². The highest BCUT2D eigenvalue weighted by Gasteiger charge is 2.21. The molecule has 0 heterocycles. The van der Waals surface area contributed by atoms with E-state index in [1.807, 2.05) is 0 Å². The van der Waals surface area contributed by atoms with Crippen molar-refractivity contribution in [1.29, 1.82) is 0 Å². The zero-order valence-corrected chi connectivity index (χ0v) is 10.4. The molecule has 18 heavy (non-hydrogen) atoms. The first kappa shape index (κ1) is 16.4. The van der Waals surface area contributed by atoms with E-state index in [-0.39, 0.29) is 23.5 Å². The van der Waals surface area contributed by atoms with Crippen molar-refractivity contribution in [1.82, 2.24) is 0 Å². The van der Waals surface area contributed by atoms with Gasteiger partial charge in [-0.1, -0.05) is 6.08 Å². The Morgan fingerprint density at radius 2 is 2.17 bits per heavy atom. The molecule has 1 rings (SSSR count). The lowest BCUT2D eigenvalue weighted by Gasteiger charge is -2.15. The standard InChI is InChI=1S/C12H14FNO3.ClH/c1-2-3-4-9(14)10-8(13)6-5-7(11(10)15)12(16)17;/h2,5-6,9,15H,1,3-4,14H2,(H,16,17);1H/t9-;/m0./s1. The SMILES string of the molecule is C=CCC[C@H](N)c1c(F)ccc(C(=O)O)c1O.Cl. The predicted octanol–water partition coefficient (Wildman–Crippen LogP) is 2.62. The predicted molar refractivity (Wildman–Crippen MR) is 68.6 cm³/mol. The fourth-order valence-electron chi connectivity index (χ4n) is 1.55. The molecule has 0 radical (unpaired) electrons. The second-order valence-electron chi connectivity index (χ2n) is 3.63. The van der Waals surface area contributed by atoms with Crippen LogP contribution in [0.1, 0.15) is 34.8 Å². The lowest BCUT2D eigenvalue weighted by molar-refractivity contribution is 0.0693. The molecule has 0 bridgehead atoms. The van der Waals surface area contributed by atoms with Crippen LogP contribution in [0.4, 0.5) is 4.39 Å². The fourth-order valence-corrected chi connectivity index (χ4v) is 1.55. The van der Waals surface area contributed by atoms with E-state index in [0.29, 0.717) is 12.8 Å². The Morgan fingerprint density at radius 1 is 1.56 bits per heavy atom. The van der Waals surface area contributed by atoms with Gasteiger partial charge in [-0.15, -0.1) is 19.0 Å². The Hall–Kier alpha value is -1.59.